The fourth-order valence-corrected chi connectivity index (χ4v) is 2.97. The smallest absolute Gasteiger partial charge is 0.158 e. The third-order valence-electron chi connectivity index (χ3n) is 3.47. The van der Waals surface area contributed by atoms with E-state index in [-0.39, 0.29) is 0 Å². The third-order valence-corrected chi connectivity index (χ3v) is 4.59. The van der Waals surface area contributed by atoms with Crippen LogP contribution in [0, 0.1) is 19.8 Å². The highest BCUT2D eigenvalue weighted by Gasteiger charge is 2.11. The molecule has 0 spiro atoms. The summed E-state index contributed by atoms with van der Waals surface area (Å²) in [5.41, 5.74) is 4.30. The van der Waals surface area contributed by atoms with Gasteiger partial charge in [-0.2, -0.15) is 5.10 Å². The van der Waals surface area contributed by atoms with Crippen molar-refractivity contribution in [1.29, 1.82) is 0 Å². The zero-order valence-corrected chi connectivity index (χ0v) is 12.7. The summed E-state index contributed by atoms with van der Waals surface area (Å²) in [7, 11) is 0. The minimum absolute atomic E-state index is 0.523. The number of fused-ring (bicyclic) bond motifs is 1. The molecule has 2 aromatic heterocycles. The average Bonchev–Trinajstić information content (AvgIpc) is 2.71. The highest BCUT2D eigenvalue weighted by Crippen LogP contribution is 2.32. The number of hydrazone groups is 1. The predicted molar refractivity (Wildman–Crippen MR) is 83.1 cm³/mol. The fraction of sp³-hybridized carbons (Fsp3) is 0.500. The number of nitrogens with one attached hydrogen (secondary N) is 1. The van der Waals surface area contributed by atoms with E-state index in [0.717, 1.165) is 28.9 Å². The maximum absolute atomic E-state index is 4.32. The van der Waals surface area contributed by atoms with Gasteiger partial charge in [0, 0.05) is 11.1 Å². The molecule has 0 aliphatic carbocycles. The van der Waals surface area contributed by atoms with Gasteiger partial charge in [-0.05, 0) is 38.2 Å². The SMILES string of the molecule is CCC(/C=N/Nc1ncnc2sc(C)c(C)c12)CC. The van der Waals surface area contributed by atoms with Crippen LogP contribution in [-0.4, -0.2) is 16.2 Å². The van der Waals surface area contributed by atoms with Gasteiger partial charge in [0.05, 0.1) is 5.39 Å². The summed E-state index contributed by atoms with van der Waals surface area (Å²) < 4.78 is 0. The Kier molecular flexibility index (Phi) is 4.47. The highest BCUT2D eigenvalue weighted by atomic mass is 32.1. The van der Waals surface area contributed by atoms with Gasteiger partial charge in [-0.25, -0.2) is 9.97 Å². The van der Waals surface area contributed by atoms with E-state index in [0.29, 0.717) is 5.92 Å². The molecule has 0 amide bonds. The molecule has 4 nitrogen and oxygen atoms in total. The second-order valence-corrected chi connectivity index (χ2v) is 5.86. The van der Waals surface area contributed by atoms with Crippen molar-refractivity contribution in [3.05, 3.63) is 16.8 Å². The summed E-state index contributed by atoms with van der Waals surface area (Å²) >= 11 is 1.70. The quantitative estimate of drug-likeness (QED) is 0.659. The van der Waals surface area contributed by atoms with E-state index in [1.165, 1.54) is 10.4 Å². The highest BCUT2D eigenvalue weighted by molar-refractivity contribution is 7.18. The van der Waals surface area contributed by atoms with Crippen molar-refractivity contribution in [3.8, 4) is 0 Å². The van der Waals surface area contributed by atoms with E-state index in [9.17, 15) is 0 Å². The number of hydrogen-bond donors (Lipinski definition) is 1. The molecule has 0 aliphatic heterocycles. The van der Waals surface area contributed by atoms with Crippen LogP contribution in [0.25, 0.3) is 10.2 Å². The Bertz CT molecular complexity index is 584. The Morgan fingerprint density at radius 2 is 2.05 bits per heavy atom. The van der Waals surface area contributed by atoms with Crippen molar-refractivity contribution in [1.82, 2.24) is 9.97 Å². The van der Waals surface area contributed by atoms with E-state index >= 15 is 0 Å². The van der Waals surface area contributed by atoms with Gasteiger partial charge in [-0.1, -0.05) is 13.8 Å². The molecule has 2 aromatic rings. The van der Waals surface area contributed by atoms with Crippen LogP contribution in [0.2, 0.25) is 0 Å². The Morgan fingerprint density at radius 1 is 1.32 bits per heavy atom. The number of aryl methyl sites for hydroxylation is 2. The number of anilines is 1. The van der Waals surface area contributed by atoms with Gasteiger partial charge in [0.2, 0.25) is 0 Å². The summed E-state index contributed by atoms with van der Waals surface area (Å²) in [6, 6.07) is 0. The second kappa shape index (κ2) is 6.10. The van der Waals surface area contributed by atoms with E-state index in [1.807, 2.05) is 6.21 Å². The number of nitrogens with zero attached hydrogens (tertiary/aromatic N) is 3. The van der Waals surface area contributed by atoms with Crippen LogP contribution in [0.3, 0.4) is 0 Å². The largest absolute Gasteiger partial charge is 0.261 e. The molecule has 0 bridgehead atoms. The molecule has 2 heterocycles. The van der Waals surface area contributed by atoms with Gasteiger partial charge >= 0.3 is 0 Å². The molecule has 0 saturated carbocycles. The summed E-state index contributed by atoms with van der Waals surface area (Å²) in [6.07, 6.45) is 5.78. The van der Waals surface area contributed by atoms with Gasteiger partial charge in [0.15, 0.2) is 5.82 Å². The van der Waals surface area contributed by atoms with Crippen LogP contribution in [-0.2, 0) is 0 Å². The lowest BCUT2D eigenvalue weighted by atomic mass is 10.1. The van der Waals surface area contributed by atoms with Gasteiger partial charge < -0.3 is 0 Å². The molecular weight excluding hydrogens is 256 g/mol. The van der Waals surface area contributed by atoms with Gasteiger partial charge in [0.1, 0.15) is 11.2 Å². The first-order valence-electron chi connectivity index (χ1n) is 6.67. The van der Waals surface area contributed by atoms with Crippen molar-refractivity contribution in [2.24, 2.45) is 11.0 Å². The molecule has 0 atom stereocenters. The molecule has 0 unspecified atom stereocenters. The predicted octanol–water partition coefficient (Wildman–Crippen LogP) is 4.14. The average molecular weight is 276 g/mol. The van der Waals surface area contributed by atoms with Crippen LogP contribution in [0.1, 0.15) is 37.1 Å². The van der Waals surface area contributed by atoms with Crippen molar-refractivity contribution < 1.29 is 0 Å². The number of aromatic nitrogens is 2. The second-order valence-electron chi connectivity index (χ2n) is 4.65. The maximum atomic E-state index is 4.32. The fourth-order valence-electron chi connectivity index (χ4n) is 1.97. The first-order chi connectivity index (χ1) is 9.17. The van der Waals surface area contributed by atoms with E-state index in [2.05, 4.69) is 48.2 Å². The summed E-state index contributed by atoms with van der Waals surface area (Å²) in [6.45, 7) is 8.57. The normalized spacial score (nSPS) is 11.8. The molecular formula is C14H20N4S. The molecule has 5 heteroatoms. The molecule has 0 aliphatic rings. The van der Waals surface area contributed by atoms with Gasteiger partial charge in [0.25, 0.3) is 0 Å². The van der Waals surface area contributed by atoms with Crippen molar-refractivity contribution in [2.75, 3.05) is 5.43 Å². The van der Waals surface area contributed by atoms with Gasteiger partial charge in [-0.3, -0.25) is 5.43 Å². The summed E-state index contributed by atoms with van der Waals surface area (Å²) in [5.74, 6) is 1.32. The van der Waals surface area contributed by atoms with Crippen LogP contribution >= 0.6 is 11.3 Å². The Balaban J connectivity index is 2.26. The molecule has 19 heavy (non-hydrogen) atoms. The minimum Gasteiger partial charge on any atom is -0.261 e. The zero-order valence-electron chi connectivity index (χ0n) is 11.9. The Labute approximate surface area is 118 Å². The Morgan fingerprint density at radius 3 is 2.74 bits per heavy atom. The van der Waals surface area contributed by atoms with Crippen LogP contribution in [0.5, 0.6) is 0 Å². The molecule has 2 rings (SSSR count). The van der Waals surface area contributed by atoms with E-state index in [4.69, 9.17) is 0 Å². The van der Waals surface area contributed by atoms with Gasteiger partial charge in [-0.15, -0.1) is 11.3 Å². The molecule has 102 valence electrons. The van der Waals surface area contributed by atoms with Crippen molar-refractivity contribution in [3.63, 3.8) is 0 Å². The van der Waals surface area contributed by atoms with E-state index < -0.39 is 0 Å². The number of hydrogen-bond acceptors (Lipinski definition) is 5. The Hall–Kier alpha value is -1.49. The lowest BCUT2D eigenvalue weighted by Crippen LogP contribution is -2.01. The van der Waals surface area contributed by atoms with Crippen LogP contribution in [0.15, 0.2) is 11.4 Å². The maximum Gasteiger partial charge on any atom is 0.158 e. The number of rotatable bonds is 5. The monoisotopic (exact) mass is 276 g/mol. The van der Waals surface area contributed by atoms with Crippen molar-refractivity contribution >= 4 is 33.6 Å². The summed E-state index contributed by atoms with van der Waals surface area (Å²) in [5, 5.41) is 5.41. The van der Waals surface area contributed by atoms with Crippen molar-refractivity contribution in [2.45, 2.75) is 40.5 Å². The zero-order chi connectivity index (χ0) is 13.8. The topological polar surface area (TPSA) is 50.2 Å². The molecule has 0 fully saturated rings. The lowest BCUT2D eigenvalue weighted by Gasteiger charge is -2.05. The first-order valence-corrected chi connectivity index (χ1v) is 7.48. The standard InChI is InChI=1S/C14H20N4S/c1-5-11(6-2)7-17-18-13-12-9(3)10(4)19-14(12)16-8-15-13/h7-8,11H,5-6H2,1-4H3,(H,15,16,18)/b17-7+. The minimum atomic E-state index is 0.523. The van der Waals surface area contributed by atoms with E-state index in [1.54, 1.807) is 17.7 Å². The van der Waals surface area contributed by atoms with Crippen LogP contribution in [0.4, 0.5) is 5.82 Å². The first kappa shape index (κ1) is 13.9. The summed E-state index contributed by atoms with van der Waals surface area (Å²) in [4.78, 5) is 10.9. The molecule has 0 radical (unpaired) electrons. The van der Waals surface area contributed by atoms with Crippen LogP contribution < -0.4 is 5.43 Å². The third kappa shape index (κ3) is 2.92. The molecule has 0 saturated heterocycles. The number of thiophene rings is 1. The molecule has 0 aromatic carbocycles. The lowest BCUT2D eigenvalue weighted by molar-refractivity contribution is 0.654. The molecule has 1 N–H and O–H groups in total.